The standard InChI is InChI=1S/C19H14F2IN3O4/c1-24-17(26)15(18(27)29-12-5-3-2-4-6-12)16(25(10-20)19(24)28)23-14-8-7-11(22)9-13(14)21/h2-9,23H,10H2,1H3. The first-order valence-corrected chi connectivity index (χ1v) is 9.30. The topological polar surface area (TPSA) is 82.3 Å². The minimum Gasteiger partial charge on any atom is -0.423 e. The highest BCUT2D eigenvalue weighted by molar-refractivity contribution is 14.1. The number of hydrogen-bond donors (Lipinski definition) is 1. The fourth-order valence-electron chi connectivity index (χ4n) is 2.56. The van der Waals surface area contributed by atoms with E-state index in [2.05, 4.69) is 5.32 Å². The van der Waals surface area contributed by atoms with Gasteiger partial charge in [-0.15, -0.1) is 0 Å². The SMILES string of the molecule is Cn1c(=O)c(C(=O)Oc2ccccc2)c(Nc2ccc(I)cc2F)n(CF)c1=O. The molecule has 0 unspecified atom stereocenters. The number of benzene rings is 2. The van der Waals surface area contributed by atoms with Gasteiger partial charge in [-0.3, -0.25) is 9.36 Å². The Hall–Kier alpha value is -3.02. The van der Waals surface area contributed by atoms with Gasteiger partial charge < -0.3 is 10.1 Å². The molecule has 0 aliphatic heterocycles. The van der Waals surface area contributed by atoms with Crippen LogP contribution in [-0.2, 0) is 13.8 Å². The summed E-state index contributed by atoms with van der Waals surface area (Å²) < 4.78 is 34.8. The van der Waals surface area contributed by atoms with Crippen LogP contribution in [0, 0.1) is 9.39 Å². The smallest absolute Gasteiger partial charge is 0.352 e. The molecule has 29 heavy (non-hydrogen) atoms. The zero-order valence-electron chi connectivity index (χ0n) is 15.0. The van der Waals surface area contributed by atoms with E-state index in [0.717, 1.165) is 7.05 Å². The Bertz CT molecular complexity index is 1190. The minimum absolute atomic E-state index is 0.143. The molecule has 0 aliphatic carbocycles. The lowest BCUT2D eigenvalue weighted by atomic mass is 10.2. The van der Waals surface area contributed by atoms with Crippen molar-refractivity contribution >= 4 is 40.1 Å². The Kier molecular flexibility index (Phi) is 6.11. The fourth-order valence-corrected chi connectivity index (χ4v) is 3.01. The number of rotatable bonds is 5. The number of carbonyl (C=O) groups is 1. The molecule has 2 aromatic carbocycles. The zero-order valence-corrected chi connectivity index (χ0v) is 17.1. The van der Waals surface area contributed by atoms with E-state index >= 15 is 0 Å². The van der Waals surface area contributed by atoms with Gasteiger partial charge in [0.15, 0.2) is 12.4 Å². The van der Waals surface area contributed by atoms with Gasteiger partial charge in [-0.25, -0.2) is 22.9 Å². The Labute approximate surface area is 176 Å². The predicted octanol–water partition coefficient (Wildman–Crippen LogP) is 3.18. The number of para-hydroxylation sites is 1. The van der Waals surface area contributed by atoms with Gasteiger partial charge in [0.25, 0.3) is 5.56 Å². The molecule has 0 fully saturated rings. The van der Waals surface area contributed by atoms with Crippen LogP contribution in [0.15, 0.2) is 58.1 Å². The Morgan fingerprint density at radius 2 is 1.86 bits per heavy atom. The third-order valence-corrected chi connectivity index (χ3v) is 4.68. The number of hydrogen-bond acceptors (Lipinski definition) is 5. The summed E-state index contributed by atoms with van der Waals surface area (Å²) >= 11 is 1.90. The number of anilines is 2. The molecule has 1 heterocycles. The van der Waals surface area contributed by atoms with Crippen molar-refractivity contribution in [1.29, 1.82) is 0 Å². The number of nitrogens with zero attached hydrogens (tertiary/aromatic N) is 2. The van der Waals surface area contributed by atoms with Gasteiger partial charge >= 0.3 is 11.7 Å². The summed E-state index contributed by atoms with van der Waals surface area (Å²) in [4.78, 5) is 37.6. The number of ether oxygens (including phenoxy) is 1. The quantitative estimate of drug-likeness (QED) is 0.322. The van der Waals surface area contributed by atoms with Crippen LogP contribution in [0.2, 0.25) is 0 Å². The highest BCUT2D eigenvalue weighted by Gasteiger charge is 2.26. The van der Waals surface area contributed by atoms with Crippen molar-refractivity contribution in [3.05, 3.63) is 84.3 Å². The fraction of sp³-hybridized carbons (Fsp3) is 0.105. The maximum absolute atomic E-state index is 14.3. The van der Waals surface area contributed by atoms with Crippen LogP contribution >= 0.6 is 22.6 Å². The first-order valence-electron chi connectivity index (χ1n) is 8.22. The van der Waals surface area contributed by atoms with E-state index in [1.165, 1.54) is 24.3 Å². The molecule has 0 aliphatic rings. The third kappa shape index (κ3) is 4.21. The number of aromatic nitrogens is 2. The van der Waals surface area contributed by atoms with Crippen LogP contribution in [-0.4, -0.2) is 15.1 Å². The molecule has 7 nitrogen and oxygen atoms in total. The molecule has 1 aromatic heterocycles. The normalized spacial score (nSPS) is 10.6. The van der Waals surface area contributed by atoms with Crippen LogP contribution in [0.3, 0.4) is 0 Å². The zero-order chi connectivity index (χ0) is 21.1. The number of halogens is 3. The molecule has 0 spiro atoms. The van der Waals surface area contributed by atoms with Gasteiger partial charge in [-0.05, 0) is 52.9 Å². The van der Waals surface area contributed by atoms with E-state index in [9.17, 15) is 23.2 Å². The molecule has 0 saturated carbocycles. The van der Waals surface area contributed by atoms with Crippen molar-refractivity contribution in [2.75, 3.05) is 5.32 Å². The summed E-state index contributed by atoms with van der Waals surface area (Å²) in [7, 11) is 1.10. The van der Waals surface area contributed by atoms with E-state index in [0.29, 0.717) is 12.7 Å². The highest BCUT2D eigenvalue weighted by atomic mass is 127. The molecule has 0 amide bonds. The average Bonchev–Trinajstić information content (AvgIpc) is 2.69. The molecular formula is C19H14F2IN3O4. The molecule has 0 saturated heterocycles. The summed E-state index contributed by atoms with van der Waals surface area (Å²) in [5.74, 6) is -2.18. The Morgan fingerprint density at radius 1 is 1.17 bits per heavy atom. The molecule has 10 heteroatoms. The molecule has 0 bridgehead atoms. The molecule has 0 radical (unpaired) electrons. The van der Waals surface area contributed by atoms with Crippen molar-refractivity contribution in [3.63, 3.8) is 0 Å². The Balaban J connectivity index is 2.18. The number of carbonyl (C=O) groups excluding carboxylic acids is 1. The number of nitrogens with one attached hydrogen (secondary N) is 1. The van der Waals surface area contributed by atoms with Crippen molar-refractivity contribution in [2.45, 2.75) is 6.80 Å². The van der Waals surface area contributed by atoms with Crippen molar-refractivity contribution in [2.24, 2.45) is 7.05 Å². The number of esters is 1. The van der Waals surface area contributed by atoms with E-state index in [1.807, 2.05) is 22.6 Å². The molecule has 1 N–H and O–H groups in total. The second kappa shape index (κ2) is 8.55. The summed E-state index contributed by atoms with van der Waals surface area (Å²) in [6.45, 7) is -1.35. The largest absolute Gasteiger partial charge is 0.423 e. The second-order valence-corrected chi connectivity index (χ2v) is 7.12. The summed E-state index contributed by atoms with van der Waals surface area (Å²) in [5, 5.41) is 2.49. The van der Waals surface area contributed by atoms with E-state index in [4.69, 9.17) is 4.74 Å². The van der Waals surface area contributed by atoms with Crippen LogP contribution in [0.1, 0.15) is 10.4 Å². The number of alkyl halides is 1. The Morgan fingerprint density at radius 3 is 2.48 bits per heavy atom. The van der Waals surface area contributed by atoms with Gasteiger partial charge in [0, 0.05) is 10.6 Å². The lowest BCUT2D eigenvalue weighted by molar-refractivity contribution is 0.0732. The molecule has 3 rings (SSSR count). The lowest BCUT2D eigenvalue weighted by Crippen LogP contribution is -2.42. The van der Waals surface area contributed by atoms with Gasteiger partial charge in [0.05, 0.1) is 5.69 Å². The van der Waals surface area contributed by atoms with Crippen LogP contribution < -0.4 is 21.3 Å². The van der Waals surface area contributed by atoms with E-state index < -0.39 is 41.2 Å². The van der Waals surface area contributed by atoms with Gasteiger partial charge in [0.1, 0.15) is 17.4 Å². The maximum atomic E-state index is 14.3. The summed E-state index contributed by atoms with van der Waals surface area (Å²) in [6, 6.07) is 12.0. The van der Waals surface area contributed by atoms with Gasteiger partial charge in [-0.2, -0.15) is 0 Å². The summed E-state index contributed by atoms with van der Waals surface area (Å²) in [6.07, 6.45) is 0. The lowest BCUT2D eigenvalue weighted by Gasteiger charge is -2.17. The minimum atomic E-state index is -1.35. The van der Waals surface area contributed by atoms with E-state index in [-0.39, 0.29) is 11.4 Å². The maximum Gasteiger partial charge on any atom is 0.352 e. The molecular weight excluding hydrogens is 499 g/mol. The molecule has 0 atom stereocenters. The highest BCUT2D eigenvalue weighted by Crippen LogP contribution is 2.23. The second-order valence-electron chi connectivity index (χ2n) is 5.87. The van der Waals surface area contributed by atoms with Crippen molar-refractivity contribution in [3.8, 4) is 5.75 Å². The average molecular weight is 513 g/mol. The van der Waals surface area contributed by atoms with Gasteiger partial charge in [0.2, 0.25) is 0 Å². The van der Waals surface area contributed by atoms with Crippen LogP contribution in [0.25, 0.3) is 0 Å². The summed E-state index contributed by atoms with van der Waals surface area (Å²) in [5.41, 5.74) is -2.79. The third-order valence-electron chi connectivity index (χ3n) is 4.00. The van der Waals surface area contributed by atoms with Crippen LogP contribution in [0.4, 0.5) is 20.3 Å². The predicted molar refractivity (Wildman–Crippen MR) is 111 cm³/mol. The van der Waals surface area contributed by atoms with Crippen molar-refractivity contribution < 1.29 is 18.3 Å². The monoisotopic (exact) mass is 513 g/mol. The van der Waals surface area contributed by atoms with Gasteiger partial charge in [-0.1, -0.05) is 18.2 Å². The first-order chi connectivity index (χ1) is 13.8. The van der Waals surface area contributed by atoms with Crippen molar-refractivity contribution in [1.82, 2.24) is 9.13 Å². The van der Waals surface area contributed by atoms with Crippen LogP contribution in [0.5, 0.6) is 5.75 Å². The first kappa shape index (κ1) is 20.7. The van der Waals surface area contributed by atoms with E-state index in [1.54, 1.807) is 24.3 Å². The molecule has 3 aromatic rings. The molecule has 150 valence electrons.